The van der Waals surface area contributed by atoms with Crippen LogP contribution in [0.1, 0.15) is 33.3 Å². The minimum atomic E-state index is -3.45. The molecule has 0 amide bonds. The fourth-order valence-electron chi connectivity index (χ4n) is 3.15. The summed E-state index contributed by atoms with van der Waals surface area (Å²) < 4.78 is 27.9. The lowest BCUT2D eigenvalue weighted by atomic mass is 10.0. The third-order valence-electron chi connectivity index (χ3n) is 5.40. The van der Waals surface area contributed by atoms with E-state index in [1.54, 1.807) is 12.1 Å². The van der Waals surface area contributed by atoms with Crippen molar-refractivity contribution in [3.05, 3.63) is 23.8 Å². The Morgan fingerprint density at radius 3 is 2.45 bits per heavy atom. The minimum absolute atomic E-state index is 0.00491. The highest BCUT2D eigenvalue weighted by molar-refractivity contribution is 7.89. The molecule has 20 heavy (non-hydrogen) atoms. The van der Waals surface area contributed by atoms with Gasteiger partial charge in [-0.2, -0.15) is 0 Å². The zero-order chi connectivity index (χ0) is 14.8. The molecule has 1 aliphatic heterocycles. The van der Waals surface area contributed by atoms with Crippen molar-refractivity contribution in [2.45, 2.75) is 45.1 Å². The first-order valence-electron chi connectivity index (χ1n) is 7.05. The highest BCUT2D eigenvalue weighted by Gasteiger charge is 2.66. The quantitative estimate of drug-likeness (QED) is 0.900. The number of fused-ring (bicyclic) bond motifs is 1. The molecule has 4 nitrogen and oxygen atoms in total. The smallest absolute Gasteiger partial charge is 0.240 e. The Kier molecular flexibility index (Phi) is 2.77. The van der Waals surface area contributed by atoms with E-state index in [0.29, 0.717) is 4.90 Å². The molecule has 0 spiro atoms. The molecule has 110 valence electrons. The Labute approximate surface area is 121 Å². The van der Waals surface area contributed by atoms with Crippen LogP contribution in [-0.2, 0) is 16.4 Å². The van der Waals surface area contributed by atoms with E-state index in [9.17, 15) is 8.42 Å². The standard InChI is InChI=1S/C15H22N2O2S/c1-14(2)13(15(14,3)4)17-20(18,19)11-6-5-10-7-8-16-12(10)9-11/h5-6,9,13,16-17H,7-8H2,1-4H3. The van der Waals surface area contributed by atoms with Gasteiger partial charge in [-0.1, -0.05) is 33.8 Å². The van der Waals surface area contributed by atoms with Gasteiger partial charge in [-0.15, -0.1) is 0 Å². The van der Waals surface area contributed by atoms with Gasteiger partial charge >= 0.3 is 0 Å². The zero-order valence-electron chi connectivity index (χ0n) is 12.4. The highest BCUT2D eigenvalue weighted by atomic mass is 32.2. The molecule has 0 radical (unpaired) electrons. The van der Waals surface area contributed by atoms with Crippen LogP contribution in [0.15, 0.2) is 23.1 Å². The van der Waals surface area contributed by atoms with Gasteiger partial charge in [-0.3, -0.25) is 0 Å². The van der Waals surface area contributed by atoms with Crippen LogP contribution in [-0.4, -0.2) is 21.0 Å². The zero-order valence-corrected chi connectivity index (χ0v) is 13.3. The molecule has 1 aliphatic carbocycles. The minimum Gasteiger partial charge on any atom is -0.384 e. The van der Waals surface area contributed by atoms with Gasteiger partial charge < -0.3 is 5.32 Å². The molecular formula is C15H22N2O2S. The van der Waals surface area contributed by atoms with Gasteiger partial charge in [-0.05, 0) is 34.9 Å². The second-order valence-electron chi connectivity index (χ2n) is 6.99. The molecule has 0 unspecified atom stereocenters. The largest absolute Gasteiger partial charge is 0.384 e. The molecule has 3 rings (SSSR count). The lowest BCUT2D eigenvalue weighted by Gasteiger charge is -2.10. The van der Waals surface area contributed by atoms with Crippen LogP contribution >= 0.6 is 0 Å². The molecule has 2 N–H and O–H groups in total. The van der Waals surface area contributed by atoms with E-state index in [4.69, 9.17) is 0 Å². The normalized spacial score (nSPS) is 23.2. The average molecular weight is 294 g/mol. The van der Waals surface area contributed by atoms with Crippen molar-refractivity contribution >= 4 is 15.7 Å². The third-order valence-corrected chi connectivity index (χ3v) is 6.82. The predicted octanol–water partition coefficient (Wildman–Crippen LogP) is 2.37. The van der Waals surface area contributed by atoms with E-state index >= 15 is 0 Å². The highest BCUT2D eigenvalue weighted by Crippen LogP contribution is 2.62. The summed E-state index contributed by atoms with van der Waals surface area (Å²) >= 11 is 0. The van der Waals surface area contributed by atoms with Crippen molar-refractivity contribution in [2.75, 3.05) is 11.9 Å². The molecule has 0 atom stereocenters. The molecule has 2 aliphatic rings. The monoisotopic (exact) mass is 294 g/mol. The molecule has 0 saturated heterocycles. The number of hydrogen-bond donors (Lipinski definition) is 2. The second-order valence-corrected chi connectivity index (χ2v) is 8.71. The van der Waals surface area contributed by atoms with E-state index in [1.807, 2.05) is 6.07 Å². The summed E-state index contributed by atoms with van der Waals surface area (Å²) in [6.45, 7) is 9.29. The average Bonchev–Trinajstić information content (AvgIpc) is 2.76. The summed E-state index contributed by atoms with van der Waals surface area (Å²) in [4.78, 5) is 0.351. The van der Waals surface area contributed by atoms with Gasteiger partial charge in [0.15, 0.2) is 0 Å². The van der Waals surface area contributed by atoms with Crippen LogP contribution in [0.4, 0.5) is 5.69 Å². The fourth-order valence-corrected chi connectivity index (χ4v) is 4.71. The fraction of sp³-hybridized carbons (Fsp3) is 0.600. The Hall–Kier alpha value is -1.07. The summed E-state index contributed by atoms with van der Waals surface area (Å²) in [7, 11) is -3.45. The van der Waals surface area contributed by atoms with Gasteiger partial charge in [0.1, 0.15) is 0 Å². The van der Waals surface area contributed by atoms with Crippen molar-refractivity contribution in [3.8, 4) is 0 Å². The number of sulfonamides is 1. The Balaban J connectivity index is 1.87. The maximum atomic E-state index is 12.5. The van der Waals surface area contributed by atoms with Crippen LogP contribution in [0.2, 0.25) is 0 Å². The summed E-state index contributed by atoms with van der Waals surface area (Å²) in [5.41, 5.74) is 2.13. The molecule has 1 fully saturated rings. The Morgan fingerprint density at radius 1 is 1.20 bits per heavy atom. The van der Waals surface area contributed by atoms with Gasteiger partial charge in [0.2, 0.25) is 10.0 Å². The molecular weight excluding hydrogens is 272 g/mol. The SMILES string of the molecule is CC1(C)C(NS(=O)(=O)c2ccc3c(c2)NCC3)C1(C)C. The maximum absolute atomic E-state index is 12.5. The molecule has 1 heterocycles. The number of benzene rings is 1. The van der Waals surface area contributed by atoms with E-state index in [2.05, 4.69) is 37.7 Å². The molecule has 5 heteroatoms. The topological polar surface area (TPSA) is 58.2 Å². The van der Waals surface area contributed by atoms with Gasteiger partial charge in [0.05, 0.1) is 4.90 Å². The Morgan fingerprint density at radius 2 is 1.85 bits per heavy atom. The van der Waals surface area contributed by atoms with Crippen LogP contribution < -0.4 is 10.0 Å². The molecule has 1 aromatic carbocycles. The van der Waals surface area contributed by atoms with Crippen molar-refractivity contribution < 1.29 is 8.42 Å². The number of rotatable bonds is 3. The first kappa shape index (κ1) is 13.9. The molecule has 1 saturated carbocycles. The summed E-state index contributed by atoms with van der Waals surface area (Å²) in [5, 5.41) is 3.22. The van der Waals surface area contributed by atoms with Crippen molar-refractivity contribution in [2.24, 2.45) is 10.8 Å². The van der Waals surface area contributed by atoms with Crippen LogP contribution in [0, 0.1) is 10.8 Å². The lowest BCUT2D eigenvalue weighted by Crippen LogP contribution is -2.30. The van der Waals surface area contributed by atoms with Crippen molar-refractivity contribution in [1.29, 1.82) is 0 Å². The van der Waals surface area contributed by atoms with Crippen molar-refractivity contribution in [1.82, 2.24) is 4.72 Å². The maximum Gasteiger partial charge on any atom is 0.240 e. The predicted molar refractivity (Wildman–Crippen MR) is 80.3 cm³/mol. The second kappa shape index (κ2) is 3.98. The first-order valence-corrected chi connectivity index (χ1v) is 8.54. The molecule has 0 aromatic heterocycles. The van der Waals surface area contributed by atoms with Crippen LogP contribution in [0.5, 0.6) is 0 Å². The van der Waals surface area contributed by atoms with E-state index in [0.717, 1.165) is 18.7 Å². The number of anilines is 1. The Bertz CT molecular complexity index is 648. The van der Waals surface area contributed by atoms with Crippen molar-refractivity contribution in [3.63, 3.8) is 0 Å². The summed E-state index contributed by atoms with van der Waals surface area (Å²) in [6.07, 6.45) is 0.964. The van der Waals surface area contributed by atoms with Gasteiger partial charge in [0, 0.05) is 18.3 Å². The van der Waals surface area contributed by atoms with Gasteiger partial charge in [-0.25, -0.2) is 13.1 Å². The number of hydrogen-bond acceptors (Lipinski definition) is 3. The lowest BCUT2D eigenvalue weighted by molar-refractivity contribution is 0.457. The molecule has 1 aromatic rings. The third kappa shape index (κ3) is 1.87. The van der Waals surface area contributed by atoms with Crippen LogP contribution in [0.25, 0.3) is 0 Å². The first-order chi connectivity index (χ1) is 9.16. The summed E-state index contributed by atoms with van der Waals surface area (Å²) in [5.74, 6) is 0. The van der Waals surface area contributed by atoms with Crippen LogP contribution in [0.3, 0.4) is 0 Å². The summed E-state index contributed by atoms with van der Waals surface area (Å²) in [6, 6.07) is 5.35. The van der Waals surface area contributed by atoms with E-state index in [1.165, 1.54) is 5.56 Å². The number of nitrogens with one attached hydrogen (secondary N) is 2. The van der Waals surface area contributed by atoms with E-state index < -0.39 is 10.0 Å². The molecule has 0 bridgehead atoms. The van der Waals surface area contributed by atoms with Gasteiger partial charge in [0.25, 0.3) is 0 Å². The van der Waals surface area contributed by atoms with E-state index in [-0.39, 0.29) is 16.9 Å².